The van der Waals surface area contributed by atoms with Crippen LogP contribution in [0.15, 0.2) is 24.0 Å². The number of carbonyl (C=O) groups excluding carboxylic acids is 1. The summed E-state index contributed by atoms with van der Waals surface area (Å²) in [4.78, 5) is 15.9. The van der Waals surface area contributed by atoms with Crippen molar-refractivity contribution in [2.24, 2.45) is 0 Å². The van der Waals surface area contributed by atoms with Gasteiger partial charge in [0.1, 0.15) is 0 Å². The Morgan fingerprint density at radius 2 is 2.24 bits per heavy atom. The van der Waals surface area contributed by atoms with E-state index >= 15 is 0 Å². The summed E-state index contributed by atoms with van der Waals surface area (Å²) in [5, 5.41) is 9.30. The molecule has 0 aromatic carbocycles. The van der Waals surface area contributed by atoms with Gasteiger partial charge in [-0.15, -0.1) is 11.3 Å². The fraction of sp³-hybridized carbons (Fsp3) is 0.364. The molecule has 90 valence electrons. The first-order valence-corrected chi connectivity index (χ1v) is 6.11. The zero-order valence-electron chi connectivity index (χ0n) is 9.97. The molecule has 1 amide bonds. The molecule has 2 rings (SSSR count). The largest absolute Gasteiger partial charge is 0.298 e. The number of hydrogen-bond donors (Lipinski definition) is 1. The highest BCUT2D eigenvalue weighted by molar-refractivity contribution is 7.13. The van der Waals surface area contributed by atoms with Crippen molar-refractivity contribution >= 4 is 22.4 Å². The molecule has 0 aliphatic rings. The summed E-state index contributed by atoms with van der Waals surface area (Å²) in [5.41, 5.74) is 0.412. The predicted octanol–water partition coefficient (Wildman–Crippen LogP) is 2.35. The molecule has 0 atom stereocenters. The number of rotatable bonds is 2. The van der Waals surface area contributed by atoms with Crippen LogP contribution in [0.25, 0.3) is 0 Å². The van der Waals surface area contributed by atoms with Gasteiger partial charge in [0.25, 0.3) is 5.91 Å². The van der Waals surface area contributed by atoms with Crippen molar-refractivity contribution in [1.29, 1.82) is 0 Å². The Bertz CT molecular complexity index is 510. The molecule has 0 radical (unpaired) electrons. The van der Waals surface area contributed by atoms with E-state index in [1.165, 1.54) is 11.3 Å². The van der Waals surface area contributed by atoms with E-state index < -0.39 is 0 Å². The Balaban J connectivity index is 2.13. The van der Waals surface area contributed by atoms with Gasteiger partial charge >= 0.3 is 0 Å². The van der Waals surface area contributed by atoms with Crippen LogP contribution in [0, 0.1) is 0 Å². The van der Waals surface area contributed by atoms with Crippen molar-refractivity contribution < 1.29 is 4.79 Å². The lowest BCUT2D eigenvalue weighted by Gasteiger charge is -2.18. The Labute approximate surface area is 103 Å². The molecule has 0 spiro atoms. The van der Waals surface area contributed by atoms with Crippen LogP contribution in [0.4, 0.5) is 5.13 Å². The second kappa shape index (κ2) is 4.29. The summed E-state index contributed by atoms with van der Waals surface area (Å²) >= 11 is 1.39. The number of anilines is 1. The van der Waals surface area contributed by atoms with Crippen LogP contribution in [-0.4, -0.2) is 20.7 Å². The second-order valence-electron chi connectivity index (χ2n) is 4.64. The van der Waals surface area contributed by atoms with Gasteiger partial charge in [-0.1, -0.05) is 0 Å². The minimum atomic E-state index is -0.185. The molecule has 0 aliphatic heterocycles. The molecule has 17 heavy (non-hydrogen) atoms. The van der Waals surface area contributed by atoms with Crippen LogP contribution in [0.2, 0.25) is 0 Å². The van der Waals surface area contributed by atoms with E-state index in [1.807, 2.05) is 26.2 Å². The SMILES string of the molecule is CC(C)(C)n1cc(C(=O)Nc2nccs2)cn1. The highest BCUT2D eigenvalue weighted by Gasteiger charge is 2.17. The van der Waals surface area contributed by atoms with Crippen molar-refractivity contribution in [3.63, 3.8) is 0 Å². The van der Waals surface area contributed by atoms with E-state index in [9.17, 15) is 4.79 Å². The number of aromatic nitrogens is 3. The fourth-order valence-electron chi connectivity index (χ4n) is 1.26. The lowest BCUT2D eigenvalue weighted by atomic mass is 10.1. The van der Waals surface area contributed by atoms with Crippen LogP contribution < -0.4 is 5.32 Å². The van der Waals surface area contributed by atoms with Gasteiger partial charge in [-0.3, -0.25) is 14.8 Å². The van der Waals surface area contributed by atoms with Crippen molar-refractivity contribution in [3.8, 4) is 0 Å². The third-order valence-electron chi connectivity index (χ3n) is 2.18. The van der Waals surface area contributed by atoms with E-state index in [-0.39, 0.29) is 11.4 Å². The maximum atomic E-state index is 11.9. The van der Waals surface area contributed by atoms with Gasteiger partial charge < -0.3 is 0 Å². The number of hydrogen-bond acceptors (Lipinski definition) is 4. The zero-order chi connectivity index (χ0) is 12.5. The molecular weight excluding hydrogens is 236 g/mol. The standard InChI is InChI=1S/C11H14N4OS/c1-11(2,3)15-7-8(6-13-15)9(16)14-10-12-4-5-17-10/h4-7H,1-3H3,(H,12,14,16). The van der Waals surface area contributed by atoms with Crippen LogP contribution in [-0.2, 0) is 5.54 Å². The smallest absolute Gasteiger partial charge is 0.260 e. The van der Waals surface area contributed by atoms with Crippen molar-refractivity contribution in [3.05, 3.63) is 29.5 Å². The predicted molar refractivity (Wildman–Crippen MR) is 67.3 cm³/mol. The van der Waals surface area contributed by atoms with Crippen molar-refractivity contribution in [2.75, 3.05) is 5.32 Å². The number of nitrogens with zero attached hydrogens (tertiary/aromatic N) is 3. The van der Waals surface area contributed by atoms with Crippen molar-refractivity contribution in [2.45, 2.75) is 26.3 Å². The summed E-state index contributed by atoms with van der Waals surface area (Å²) in [6, 6.07) is 0. The van der Waals surface area contributed by atoms with Crippen LogP contribution >= 0.6 is 11.3 Å². The summed E-state index contributed by atoms with van der Waals surface area (Å²) in [7, 11) is 0. The molecular formula is C11H14N4OS. The summed E-state index contributed by atoms with van der Waals surface area (Å²) < 4.78 is 1.77. The maximum Gasteiger partial charge on any atom is 0.260 e. The second-order valence-corrected chi connectivity index (χ2v) is 5.53. The van der Waals surface area contributed by atoms with Gasteiger partial charge in [-0.25, -0.2) is 4.98 Å². The Morgan fingerprint density at radius 3 is 2.76 bits per heavy atom. The van der Waals surface area contributed by atoms with E-state index in [1.54, 1.807) is 23.3 Å². The van der Waals surface area contributed by atoms with Gasteiger partial charge in [0, 0.05) is 17.8 Å². The number of thiazole rings is 1. The quantitative estimate of drug-likeness (QED) is 0.890. The van der Waals surface area contributed by atoms with Crippen molar-refractivity contribution in [1.82, 2.24) is 14.8 Å². The van der Waals surface area contributed by atoms with E-state index in [0.717, 1.165) is 0 Å². The van der Waals surface area contributed by atoms with Gasteiger partial charge in [-0.05, 0) is 20.8 Å². The highest BCUT2D eigenvalue weighted by atomic mass is 32.1. The zero-order valence-corrected chi connectivity index (χ0v) is 10.8. The molecule has 5 nitrogen and oxygen atoms in total. The molecule has 0 saturated carbocycles. The van der Waals surface area contributed by atoms with Crippen LogP contribution in [0.1, 0.15) is 31.1 Å². The normalized spacial score (nSPS) is 11.5. The van der Waals surface area contributed by atoms with E-state index in [2.05, 4.69) is 15.4 Å². The van der Waals surface area contributed by atoms with Gasteiger partial charge in [0.2, 0.25) is 0 Å². The Kier molecular flexibility index (Phi) is 2.97. The molecule has 2 heterocycles. The number of amides is 1. The highest BCUT2D eigenvalue weighted by Crippen LogP contribution is 2.15. The lowest BCUT2D eigenvalue weighted by molar-refractivity contribution is 0.102. The summed E-state index contributed by atoms with van der Waals surface area (Å²) in [6.45, 7) is 6.09. The Hall–Kier alpha value is -1.69. The molecule has 0 saturated heterocycles. The van der Waals surface area contributed by atoms with Crippen LogP contribution in [0.5, 0.6) is 0 Å². The topological polar surface area (TPSA) is 59.8 Å². The molecule has 2 aromatic heterocycles. The van der Waals surface area contributed by atoms with Gasteiger partial charge in [0.15, 0.2) is 5.13 Å². The first-order chi connectivity index (χ1) is 7.97. The monoisotopic (exact) mass is 250 g/mol. The summed E-state index contributed by atoms with van der Waals surface area (Å²) in [5.74, 6) is -0.185. The minimum Gasteiger partial charge on any atom is -0.298 e. The number of carbonyl (C=O) groups is 1. The molecule has 1 N–H and O–H groups in total. The molecule has 2 aromatic rings. The first-order valence-electron chi connectivity index (χ1n) is 5.23. The van der Waals surface area contributed by atoms with E-state index in [0.29, 0.717) is 10.7 Å². The minimum absolute atomic E-state index is 0.125. The third-order valence-corrected chi connectivity index (χ3v) is 2.87. The third kappa shape index (κ3) is 2.71. The van der Waals surface area contributed by atoms with Crippen LogP contribution in [0.3, 0.4) is 0 Å². The molecule has 0 bridgehead atoms. The number of nitrogens with one attached hydrogen (secondary N) is 1. The molecule has 6 heteroatoms. The molecule has 0 unspecified atom stereocenters. The fourth-order valence-corrected chi connectivity index (χ4v) is 1.79. The van der Waals surface area contributed by atoms with E-state index in [4.69, 9.17) is 0 Å². The maximum absolute atomic E-state index is 11.9. The first kappa shape index (κ1) is 11.8. The Morgan fingerprint density at radius 1 is 1.47 bits per heavy atom. The van der Waals surface area contributed by atoms with Gasteiger partial charge in [0.05, 0.1) is 17.3 Å². The average molecular weight is 250 g/mol. The van der Waals surface area contributed by atoms with Gasteiger partial charge in [-0.2, -0.15) is 5.10 Å². The summed E-state index contributed by atoms with van der Waals surface area (Å²) in [6.07, 6.45) is 4.95. The lowest BCUT2D eigenvalue weighted by Crippen LogP contribution is -2.22. The average Bonchev–Trinajstić information content (AvgIpc) is 2.85. The molecule has 0 aliphatic carbocycles. The molecule has 0 fully saturated rings.